The number of hydrogen-bond donors (Lipinski definition) is 1. The zero-order valence-electron chi connectivity index (χ0n) is 13.9. The van der Waals surface area contributed by atoms with E-state index >= 15 is 0 Å². The number of aryl methyl sites for hydroxylation is 1. The molecule has 0 spiro atoms. The summed E-state index contributed by atoms with van der Waals surface area (Å²) in [5.74, 6) is 0.601. The van der Waals surface area contributed by atoms with E-state index in [9.17, 15) is 4.79 Å². The van der Waals surface area contributed by atoms with Gasteiger partial charge < -0.3 is 10.1 Å². The molecule has 4 nitrogen and oxygen atoms in total. The fourth-order valence-electron chi connectivity index (χ4n) is 2.37. The SMILES string of the molecule is COc1ccc(Cc2nc(C(=O)Nc3ccc(Cl)cc3C)cs2)cc1. The second-order valence-electron chi connectivity index (χ2n) is 5.56. The van der Waals surface area contributed by atoms with Crippen molar-refractivity contribution in [3.05, 3.63) is 74.7 Å². The van der Waals surface area contributed by atoms with Crippen molar-refractivity contribution in [1.29, 1.82) is 0 Å². The molecule has 0 atom stereocenters. The van der Waals surface area contributed by atoms with Crippen LogP contribution in [0, 0.1) is 6.92 Å². The molecule has 2 aromatic carbocycles. The Kier molecular flexibility index (Phi) is 5.36. The van der Waals surface area contributed by atoms with Crippen LogP contribution >= 0.6 is 22.9 Å². The Hall–Kier alpha value is -2.37. The summed E-state index contributed by atoms with van der Waals surface area (Å²) in [6.07, 6.45) is 0.682. The Morgan fingerprint density at radius 3 is 2.68 bits per heavy atom. The van der Waals surface area contributed by atoms with Gasteiger partial charge in [0.25, 0.3) is 5.91 Å². The van der Waals surface area contributed by atoms with Crippen LogP contribution in [0.1, 0.15) is 26.6 Å². The molecule has 0 radical (unpaired) electrons. The maximum absolute atomic E-state index is 12.4. The van der Waals surface area contributed by atoms with E-state index in [2.05, 4.69) is 10.3 Å². The third-order valence-corrected chi connectivity index (χ3v) is 4.82. The summed E-state index contributed by atoms with van der Waals surface area (Å²) < 4.78 is 5.15. The Morgan fingerprint density at radius 2 is 2.00 bits per heavy atom. The molecule has 1 aromatic heterocycles. The molecule has 0 saturated heterocycles. The predicted octanol–water partition coefficient (Wildman–Crippen LogP) is 4.96. The standard InChI is InChI=1S/C19H17ClN2O2S/c1-12-9-14(20)5-8-16(12)22-19(23)17-11-25-18(21-17)10-13-3-6-15(24-2)7-4-13/h3-9,11H,10H2,1-2H3,(H,22,23). The Morgan fingerprint density at radius 1 is 1.24 bits per heavy atom. The van der Waals surface area contributed by atoms with Crippen molar-refractivity contribution < 1.29 is 9.53 Å². The van der Waals surface area contributed by atoms with Gasteiger partial charge in [0.15, 0.2) is 0 Å². The van der Waals surface area contributed by atoms with Gasteiger partial charge in [-0.3, -0.25) is 4.79 Å². The second-order valence-corrected chi connectivity index (χ2v) is 6.94. The smallest absolute Gasteiger partial charge is 0.275 e. The quantitative estimate of drug-likeness (QED) is 0.688. The van der Waals surface area contributed by atoms with Crippen molar-refractivity contribution in [3.8, 4) is 5.75 Å². The molecule has 0 saturated carbocycles. The number of benzene rings is 2. The van der Waals surface area contributed by atoms with Gasteiger partial charge in [0.05, 0.1) is 12.1 Å². The fraction of sp³-hybridized carbons (Fsp3) is 0.158. The number of carbonyl (C=O) groups excluding carboxylic acids is 1. The minimum absolute atomic E-state index is 0.220. The van der Waals surface area contributed by atoms with Crippen molar-refractivity contribution >= 4 is 34.5 Å². The average molecular weight is 373 g/mol. The van der Waals surface area contributed by atoms with Crippen molar-refractivity contribution in [2.24, 2.45) is 0 Å². The first kappa shape index (κ1) is 17.5. The lowest BCUT2D eigenvalue weighted by Gasteiger charge is -2.07. The van der Waals surface area contributed by atoms with E-state index in [1.54, 1.807) is 24.6 Å². The highest BCUT2D eigenvalue weighted by Gasteiger charge is 2.12. The zero-order valence-corrected chi connectivity index (χ0v) is 15.4. The van der Waals surface area contributed by atoms with E-state index < -0.39 is 0 Å². The van der Waals surface area contributed by atoms with Crippen LogP contribution in [0.2, 0.25) is 5.02 Å². The Bertz CT molecular complexity index is 891. The topological polar surface area (TPSA) is 51.2 Å². The van der Waals surface area contributed by atoms with Gasteiger partial charge in [0.1, 0.15) is 11.4 Å². The molecule has 0 fully saturated rings. The molecule has 0 unspecified atom stereocenters. The number of aromatic nitrogens is 1. The van der Waals surface area contributed by atoms with Crippen molar-refractivity contribution in [3.63, 3.8) is 0 Å². The summed E-state index contributed by atoms with van der Waals surface area (Å²) >= 11 is 7.41. The number of anilines is 1. The summed E-state index contributed by atoms with van der Waals surface area (Å²) in [7, 11) is 1.64. The monoisotopic (exact) mass is 372 g/mol. The van der Waals surface area contributed by atoms with E-state index in [4.69, 9.17) is 16.3 Å². The van der Waals surface area contributed by atoms with Crippen molar-refractivity contribution in [2.75, 3.05) is 12.4 Å². The second kappa shape index (κ2) is 7.68. The van der Waals surface area contributed by atoms with Crippen LogP contribution in [-0.2, 0) is 6.42 Å². The summed E-state index contributed by atoms with van der Waals surface area (Å²) in [5.41, 5.74) is 3.19. The number of hydrogen-bond acceptors (Lipinski definition) is 4. The number of ether oxygens (including phenoxy) is 1. The number of methoxy groups -OCH3 is 1. The van der Waals surface area contributed by atoms with Crippen LogP contribution in [0.3, 0.4) is 0 Å². The highest BCUT2D eigenvalue weighted by Crippen LogP contribution is 2.21. The normalized spacial score (nSPS) is 10.5. The molecular weight excluding hydrogens is 356 g/mol. The fourth-order valence-corrected chi connectivity index (χ4v) is 3.40. The van der Waals surface area contributed by atoms with Gasteiger partial charge in [-0.25, -0.2) is 4.98 Å². The average Bonchev–Trinajstić information content (AvgIpc) is 3.07. The minimum Gasteiger partial charge on any atom is -0.497 e. The molecule has 0 aliphatic rings. The molecule has 0 bridgehead atoms. The maximum Gasteiger partial charge on any atom is 0.275 e. The lowest BCUT2D eigenvalue weighted by molar-refractivity contribution is 0.102. The first-order valence-electron chi connectivity index (χ1n) is 7.70. The molecule has 1 N–H and O–H groups in total. The molecule has 3 aromatic rings. The largest absolute Gasteiger partial charge is 0.497 e. The van der Waals surface area contributed by atoms with Crippen LogP contribution in [0.15, 0.2) is 47.8 Å². The summed E-state index contributed by atoms with van der Waals surface area (Å²) in [6, 6.07) is 13.2. The van der Waals surface area contributed by atoms with E-state index in [-0.39, 0.29) is 5.91 Å². The number of nitrogens with one attached hydrogen (secondary N) is 1. The summed E-state index contributed by atoms with van der Waals surface area (Å²) in [4.78, 5) is 16.8. The first-order valence-corrected chi connectivity index (χ1v) is 8.96. The molecule has 25 heavy (non-hydrogen) atoms. The van der Waals surface area contributed by atoms with Crippen molar-refractivity contribution in [1.82, 2.24) is 4.98 Å². The number of amides is 1. The van der Waals surface area contributed by atoms with Crippen LogP contribution in [0.4, 0.5) is 5.69 Å². The van der Waals surface area contributed by atoms with Gasteiger partial charge in [0, 0.05) is 22.5 Å². The summed E-state index contributed by atoms with van der Waals surface area (Å²) in [5, 5.41) is 6.19. The number of thiazole rings is 1. The lowest BCUT2D eigenvalue weighted by Crippen LogP contribution is -2.13. The number of halogens is 1. The van der Waals surface area contributed by atoms with Crippen LogP contribution < -0.4 is 10.1 Å². The van der Waals surface area contributed by atoms with Gasteiger partial charge in [-0.05, 0) is 48.4 Å². The molecule has 0 aliphatic carbocycles. The van der Waals surface area contributed by atoms with Crippen molar-refractivity contribution in [2.45, 2.75) is 13.3 Å². The van der Waals surface area contributed by atoms with Gasteiger partial charge in [-0.2, -0.15) is 0 Å². The van der Waals surface area contributed by atoms with Crippen LogP contribution in [0.25, 0.3) is 0 Å². The first-order chi connectivity index (χ1) is 12.0. The van der Waals surface area contributed by atoms with E-state index in [1.807, 2.05) is 37.3 Å². The van der Waals surface area contributed by atoms with E-state index in [0.717, 1.165) is 27.6 Å². The molecule has 0 aliphatic heterocycles. The zero-order chi connectivity index (χ0) is 17.8. The highest BCUT2D eigenvalue weighted by molar-refractivity contribution is 7.09. The van der Waals surface area contributed by atoms with E-state index in [1.165, 1.54) is 11.3 Å². The molecular formula is C19H17ClN2O2S. The van der Waals surface area contributed by atoms with Gasteiger partial charge in [-0.15, -0.1) is 11.3 Å². The molecule has 1 heterocycles. The van der Waals surface area contributed by atoms with Crippen LogP contribution in [-0.4, -0.2) is 18.0 Å². The van der Waals surface area contributed by atoms with Gasteiger partial charge >= 0.3 is 0 Å². The maximum atomic E-state index is 12.4. The third-order valence-electron chi connectivity index (χ3n) is 3.74. The minimum atomic E-state index is -0.220. The highest BCUT2D eigenvalue weighted by atomic mass is 35.5. The molecule has 3 rings (SSSR count). The Balaban J connectivity index is 1.68. The van der Waals surface area contributed by atoms with Gasteiger partial charge in [0.2, 0.25) is 0 Å². The number of carbonyl (C=O) groups is 1. The third kappa shape index (κ3) is 4.38. The van der Waals surface area contributed by atoms with E-state index in [0.29, 0.717) is 17.1 Å². The van der Waals surface area contributed by atoms with Crippen LogP contribution in [0.5, 0.6) is 5.75 Å². The Labute approximate surface area is 155 Å². The lowest BCUT2D eigenvalue weighted by atomic mass is 10.1. The summed E-state index contributed by atoms with van der Waals surface area (Å²) in [6.45, 7) is 1.90. The number of rotatable bonds is 5. The van der Waals surface area contributed by atoms with Gasteiger partial charge in [-0.1, -0.05) is 23.7 Å². The molecule has 6 heteroatoms. The predicted molar refractivity (Wildman–Crippen MR) is 102 cm³/mol. The molecule has 128 valence electrons. The molecule has 1 amide bonds. The number of nitrogens with zero attached hydrogens (tertiary/aromatic N) is 1.